The normalized spacial score (nSPS) is 12.4. The van der Waals surface area contributed by atoms with Gasteiger partial charge in [0.2, 0.25) is 0 Å². The van der Waals surface area contributed by atoms with Crippen LogP contribution in [0.1, 0.15) is 24.2 Å². The van der Waals surface area contributed by atoms with Crippen LogP contribution in [0.25, 0.3) is 0 Å². The van der Waals surface area contributed by atoms with E-state index < -0.39 is 6.10 Å². The van der Waals surface area contributed by atoms with Crippen molar-refractivity contribution < 1.29 is 9.50 Å². The van der Waals surface area contributed by atoms with Crippen molar-refractivity contribution in [3.05, 3.63) is 64.4 Å². The molecule has 4 heteroatoms. The molecule has 100 valence electrons. The number of rotatable bonds is 4. The van der Waals surface area contributed by atoms with E-state index in [1.54, 1.807) is 19.1 Å². The SMILES string of the molecule is C[C@@H](O)c1cccc(F)c1SCc1ccccc1Cl. The zero-order chi connectivity index (χ0) is 13.8. The molecule has 0 aromatic heterocycles. The van der Waals surface area contributed by atoms with Gasteiger partial charge in [0.05, 0.1) is 6.10 Å². The summed E-state index contributed by atoms with van der Waals surface area (Å²) in [5, 5.41) is 10.3. The Morgan fingerprint density at radius 1 is 1.21 bits per heavy atom. The number of hydrogen-bond acceptors (Lipinski definition) is 2. The van der Waals surface area contributed by atoms with Crippen molar-refractivity contribution in [3.8, 4) is 0 Å². The van der Waals surface area contributed by atoms with Gasteiger partial charge in [-0.2, -0.15) is 0 Å². The fourth-order valence-electron chi connectivity index (χ4n) is 1.77. The van der Waals surface area contributed by atoms with Gasteiger partial charge in [0.25, 0.3) is 0 Å². The summed E-state index contributed by atoms with van der Waals surface area (Å²) >= 11 is 7.43. The summed E-state index contributed by atoms with van der Waals surface area (Å²) < 4.78 is 13.8. The van der Waals surface area contributed by atoms with Gasteiger partial charge < -0.3 is 5.11 Å². The second-order valence-electron chi connectivity index (χ2n) is 4.21. The van der Waals surface area contributed by atoms with Crippen molar-refractivity contribution in [2.24, 2.45) is 0 Å². The highest BCUT2D eigenvalue weighted by Gasteiger charge is 2.13. The molecule has 1 N–H and O–H groups in total. The third-order valence-corrected chi connectivity index (χ3v) is 4.32. The summed E-state index contributed by atoms with van der Waals surface area (Å²) in [5.74, 6) is 0.260. The molecule has 0 bridgehead atoms. The molecule has 1 atom stereocenters. The van der Waals surface area contributed by atoms with Crippen LogP contribution >= 0.6 is 23.4 Å². The van der Waals surface area contributed by atoms with Gasteiger partial charge in [0.1, 0.15) is 5.82 Å². The summed E-state index contributed by atoms with van der Waals surface area (Å²) in [6.07, 6.45) is -0.690. The first kappa shape index (κ1) is 14.4. The van der Waals surface area contributed by atoms with Crippen LogP contribution < -0.4 is 0 Å². The van der Waals surface area contributed by atoms with Crippen LogP contribution in [-0.2, 0) is 5.75 Å². The molecule has 0 heterocycles. The van der Waals surface area contributed by atoms with Gasteiger partial charge in [-0.05, 0) is 30.2 Å². The monoisotopic (exact) mass is 296 g/mol. The van der Waals surface area contributed by atoms with Gasteiger partial charge in [0, 0.05) is 15.7 Å². The van der Waals surface area contributed by atoms with E-state index in [9.17, 15) is 9.50 Å². The molecule has 2 rings (SSSR count). The van der Waals surface area contributed by atoms with Gasteiger partial charge in [-0.25, -0.2) is 4.39 Å². The maximum absolute atomic E-state index is 13.8. The quantitative estimate of drug-likeness (QED) is 0.816. The average molecular weight is 297 g/mol. The van der Waals surface area contributed by atoms with Crippen molar-refractivity contribution in [1.29, 1.82) is 0 Å². The first-order valence-electron chi connectivity index (χ1n) is 5.92. The molecule has 0 aliphatic heterocycles. The second kappa shape index (κ2) is 6.42. The molecular formula is C15H14ClFOS. The van der Waals surface area contributed by atoms with Gasteiger partial charge >= 0.3 is 0 Å². The number of halogens is 2. The first-order chi connectivity index (χ1) is 9.09. The molecule has 1 nitrogen and oxygen atoms in total. The molecule has 2 aromatic rings. The van der Waals surface area contributed by atoms with Crippen LogP contribution in [-0.4, -0.2) is 5.11 Å². The molecule has 2 aromatic carbocycles. The molecule has 0 fully saturated rings. The van der Waals surface area contributed by atoms with E-state index in [2.05, 4.69) is 0 Å². The van der Waals surface area contributed by atoms with Gasteiger partial charge in [-0.3, -0.25) is 0 Å². The highest BCUT2D eigenvalue weighted by atomic mass is 35.5. The molecule has 19 heavy (non-hydrogen) atoms. The Kier molecular flexibility index (Phi) is 4.86. The Hall–Kier alpha value is -1.03. The lowest BCUT2D eigenvalue weighted by Gasteiger charge is -2.12. The molecule has 0 spiro atoms. The van der Waals surface area contributed by atoms with Crippen LogP contribution in [0.5, 0.6) is 0 Å². The maximum atomic E-state index is 13.8. The van der Waals surface area contributed by atoms with Crippen LogP contribution in [0.2, 0.25) is 5.02 Å². The number of thioether (sulfide) groups is 1. The van der Waals surface area contributed by atoms with Crippen LogP contribution in [0.3, 0.4) is 0 Å². The highest BCUT2D eigenvalue weighted by Crippen LogP contribution is 2.33. The summed E-state index contributed by atoms with van der Waals surface area (Å²) in [6.45, 7) is 1.63. The standard InChI is InChI=1S/C15H14ClFOS/c1-10(18)12-6-4-8-14(17)15(12)19-9-11-5-2-3-7-13(11)16/h2-8,10,18H,9H2,1H3/t10-/m1/s1. The third kappa shape index (κ3) is 3.50. The smallest absolute Gasteiger partial charge is 0.137 e. The lowest BCUT2D eigenvalue weighted by molar-refractivity contribution is 0.195. The van der Waals surface area contributed by atoms with Gasteiger partial charge in [0.15, 0.2) is 0 Å². The number of benzene rings is 2. The minimum atomic E-state index is -0.690. The van der Waals surface area contributed by atoms with E-state index in [1.807, 2.05) is 24.3 Å². The number of aliphatic hydroxyl groups is 1. The van der Waals surface area contributed by atoms with E-state index in [-0.39, 0.29) is 5.82 Å². The van der Waals surface area contributed by atoms with Crippen LogP contribution in [0.4, 0.5) is 4.39 Å². The van der Waals surface area contributed by atoms with Crippen LogP contribution in [0, 0.1) is 5.82 Å². The van der Waals surface area contributed by atoms with Crippen molar-refractivity contribution >= 4 is 23.4 Å². The fraction of sp³-hybridized carbons (Fsp3) is 0.200. The highest BCUT2D eigenvalue weighted by molar-refractivity contribution is 7.98. The predicted molar refractivity (Wildman–Crippen MR) is 78.0 cm³/mol. The Bertz CT molecular complexity index is 572. The molecule has 0 aliphatic rings. The number of aliphatic hydroxyl groups excluding tert-OH is 1. The molecule has 0 amide bonds. The molecule has 0 unspecified atom stereocenters. The number of hydrogen-bond donors (Lipinski definition) is 1. The lowest BCUT2D eigenvalue weighted by atomic mass is 10.1. The maximum Gasteiger partial charge on any atom is 0.137 e. The molecule has 0 saturated carbocycles. The Balaban J connectivity index is 2.22. The predicted octanol–water partition coefficient (Wildman–Crippen LogP) is 4.82. The van der Waals surface area contributed by atoms with E-state index in [4.69, 9.17) is 11.6 Å². The first-order valence-corrected chi connectivity index (χ1v) is 7.28. The van der Waals surface area contributed by atoms with Gasteiger partial charge in [-0.15, -0.1) is 11.8 Å². The van der Waals surface area contributed by atoms with Crippen molar-refractivity contribution in [3.63, 3.8) is 0 Å². The lowest BCUT2D eigenvalue weighted by Crippen LogP contribution is -1.97. The molecule has 0 radical (unpaired) electrons. The molecule has 0 aliphatic carbocycles. The van der Waals surface area contributed by atoms with Crippen molar-refractivity contribution in [2.45, 2.75) is 23.7 Å². The zero-order valence-electron chi connectivity index (χ0n) is 10.4. The Morgan fingerprint density at radius 2 is 1.95 bits per heavy atom. The topological polar surface area (TPSA) is 20.2 Å². The van der Waals surface area contributed by atoms with Crippen LogP contribution in [0.15, 0.2) is 47.4 Å². The molecular weight excluding hydrogens is 283 g/mol. The summed E-state index contributed by atoms with van der Waals surface area (Å²) in [5.41, 5.74) is 1.56. The Labute approximate surface area is 121 Å². The van der Waals surface area contributed by atoms with Crippen molar-refractivity contribution in [1.82, 2.24) is 0 Å². The van der Waals surface area contributed by atoms with E-state index in [0.717, 1.165) is 5.56 Å². The van der Waals surface area contributed by atoms with E-state index in [1.165, 1.54) is 17.8 Å². The minimum Gasteiger partial charge on any atom is -0.389 e. The largest absolute Gasteiger partial charge is 0.389 e. The van der Waals surface area contributed by atoms with E-state index in [0.29, 0.717) is 21.2 Å². The Morgan fingerprint density at radius 3 is 2.63 bits per heavy atom. The summed E-state index contributed by atoms with van der Waals surface area (Å²) in [6, 6.07) is 12.2. The second-order valence-corrected chi connectivity index (χ2v) is 5.61. The van der Waals surface area contributed by atoms with Gasteiger partial charge in [-0.1, -0.05) is 41.9 Å². The zero-order valence-corrected chi connectivity index (χ0v) is 12.0. The van der Waals surface area contributed by atoms with E-state index >= 15 is 0 Å². The average Bonchev–Trinajstić information content (AvgIpc) is 2.38. The summed E-state index contributed by atoms with van der Waals surface area (Å²) in [7, 11) is 0. The third-order valence-electron chi connectivity index (χ3n) is 2.78. The fourth-order valence-corrected chi connectivity index (χ4v) is 3.22. The van der Waals surface area contributed by atoms with Crippen molar-refractivity contribution in [2.75, 3.05) is 0 Å². The minimum absolute atomic E-state index is 0.310. The molecule has 0 saturated heterocycles. The summed E-state index contributed by atoms with van der Waals surface area (Å²) in [4.78, 5) is 0.484.